The number of ether oxygens (including phenoxy) is 1. The number of hydrogen-bond acceptors (Lipinski definition) is 6. The lowest BCUT2D eigenvalue weighted by Gasteiger charge is -2.44. The highest BCUT2D eigenvalue weighted by atomic mass is 16.5. The van der Waals surface area contributed by atoms with E-state index in [9.17, 15) is 24.6 Å². The molecule has 324 valence electrons. The largest absolute Gasteiger partial charge is 0.461 e. The molecule has 0 aromatic carbocycles. The molecule has 8 nitrogen and oxygen atoms in total. The number of amides is 2. The van der Waals surface area contributed by atoms with Gasteiger partial charge in [0.1, 0.15) is 6.10 Å². The third-order valence-electron chi connectivity index (χ3n) is 12.2. The van der Waals surface area contributed by atoms with Crippen LogP contribution in [0, 0.1) is 29.1 Å². The van der Waals surface area contributed by atoms with E-state index in [1.165, 1.54) is 5.57 Å². The van der Waals surface area contributed by atoms with Gasteiger partial charge in [0.05, 0.1) is 24.0 Å². The molecule has 0 spiro atoms. The van der Waals surface area contributed by atoms with Crippen LogP contribution >= 0.6 is 0 Å². The van der Waals surface area contributed by atoms with Gasteiger partial charge >= 0.3 is 5.97 Å². The van der Waals surface area contributed by atoms with Crippen LogP contribution in [-0.2, 0) is 19.1 Å². The van der Waals surface area contributed by atoms with Gasteiger partial charge in [-0.05, 0) is 127 Å². The zero-order valence-electron chi connectivity index (χ0n) is 36.8. The van der Waals surface area contributed by atoms with E-state index in [0.717, 1.165) is 57.8 Å². The number of unbranched alkanes of at least 4 members (excludes halogenated alkanes) is 1. The highest BCUT2D eigenvalue weighted by Gasteiger charge is 2.43. The zero-order chi connectivity index (χ0) is 42.3. The van der Waals surface area contributed by atoms with Gasteiger partial charge in [0.25, 0.3) is 0 Å². The number of carbonyl (C=O) groups is 3. The number of aliphatic hydroxyl groups excluding tert-OH is 2. The van der Waals surface area contributed by atoms with Gasteiger partial charge in [-0.1, -0.05) is 107 Å². The van der Waals surface area contributed by atoms with E-state index in [1.54, 1.807) is 0 Å². The Morgan fingerprint density at radius 3 is 2.10 bits per heavy atom. The van der Waals surface area contributed by atoms with Gasteiger partial charge in [0.2, 0.25) is 11.8 Å². The average Bonchev–Trinajstić information content (AvgIpc) is 3.18. The van der Waals surface area contributed by atoms with Crippen LogP contribution in [-0.4, -0.2) is 70.3 Å². The molecule has 58 heavy (non-hydrogen) atoms. The van der Waals surface area contributed by atoms with Gasteiger partial charge in [-0.2, -0.15) is 0 Å². The summed E-state index contributed by atoms with van der Waals surface area (Å²) in [7, 11) is 0. The number of aliphatic hydroxyl groups is 2. The third-order valence-corrected chi connectivity index (χ3v) is 12.2. The summed E-state index contributed by atoms with van der Waals surface area (Å²) in [4.78, 5) is 40.7. The Morgan fingerprint density at radius 2 is 1.50 bits per heavy atom. The maximum absolute atomic E-state index is 13.1. The van der Waals surface area contributed by atoms with Crippen molar-refractivity contribution in [3.05, 3.63) is 84.6 Å². The molecule has 1 fully saturated rings. The number of rotatable bonds is 24. The van der Waals surface area contributed by atoms with Crippen molar-refractivity contribution in [2.24, 2.45) is 29.1 Å². The zero-order valence-corrected chi connectivity index (χ0v) is 36.8. The number of carbonyl (C=O) groups excluding carboxylic acids is 3. The van der Waals surface area contributed by atoms with E-state index in [4.69, 9.17) is 4.74 Å². The van der Waals surface area contributed by atoms with Crippen LogP contribution in [0.3, 0.4) is 0 Å². The van der Waals surface area contributed by atoms with Crippen LogP contribution in [0.2, 0.25) is 0 Å². The van der Waals surface area contributed by atoms with Crippen molar-refractivity contribution >= 4 is 17.8 Å². The normalized spacial score (nSPS) is 24.2. The first-order chi connectivity index (χ1) is 27.8. The SMILES string of the molecule is CC/C=C\C/C=C\C/C=C\C/C=C\C/C=C\CCCC(=O)N1CCC(NC(=O)CC(O)CC(O)CC[C@H]2C(C)C=CC3=C[C@H](C)CC(OC(=O)C(C)(C)CC)C32)CC1. The third kappa shape index (κ3) is 17.8. The van der Waals surface area contributed by atoms with Crippen LogP contribution in [0.1, 0.15) is 144 Å². The van der Waals surface area contributed by atoms with Gasteiger partial charge in [-0.25, -0.2) is 0 Å². The van der Waals surface area contributed by atoms with Crippen molar-refractivity contribution in [3.8, 4) is 0 Å². The molecule has 3 aliphatic rings. The maximum Gasteiger partial charge on any atom is 0.311 e. The predicted octanol–water partition coefficient (Wildman–Crippen LogP) is 10.0. The first-order valence-electron chi connectivity index (χ1n) is 22.6. The summed E-state index contributed by atoms with van der Waals surface area (Å²) >= 11 is 0. The van der Waals surface area contributed by atoms with E-state index in [2.05, 4.69) is 105 Å². The van der Waals surface area contributed by atoms with Gasteiger partial charge in [0, 0.05) is 31.5 Å². The van der Waals surface area contributed by atoms with Gasteiger partial charge in [0.15, 0.2) is 0 Å². The highest BCUT2D eigenvalue weighted by molar-refractivity contribution is 5.77. The minimum Gasteiger partial charge on any atom is -0.461 e. The summed E-state index contributed by atoms with van der Waals surface area (Å²) in [5.41, 5.74) is 0.677. The van der Waals surface area contributed by atoms with E-state index >= 15 is 0 Å². The van der Waals surface area contributed by atoms with Crippen molar-refractivity contribution in [2.45, 2.75) is 169 Å². The quantitative estimate of drug-likeness (QED) is 0.0509. The molecular formula is C50H78N2O6. The van der Waals surface area contributed by atoms with Gasteiger partial charge in [-0.3, -0.25) is 14.4 Å². The van der Waals surface area contributed by atoms with Gasteiger partial charge < -0.3 is 25.2 Å². The number of nitrogens with one attached hydrogen (secondary N) is 1. The van der Waals surface area contributed by atoms with E-state index in [1.807, 2.05) is 25.7 Å². The maximum atomic E-state index is 13.1. The fraction of sp³-hybridized carbons (Fsp3) is 0.660. The first kappa shape index (κ1) is 48.9. The van der Waals surface area contributed by atoms with Crippen LogP contribution in [0.25, 0.3) is 0 Å². The predicted molar refractivity (Wildman–Crippen MR) is 238 cm³/mol. The number of piperidine rings is 1. The molecular weight excluding hydrogens is 725 g/mol. The molecule has 7 atom stereocenters. The molecule has 2 aliphatic carbocycles. The lowest BCUT2D eigenvalue weighted by molar-refractivity contribution is -0.164. The summed E-state index contributed by atoms with van der Waals surface area (Å²) < 4.78 is 6.23. The molecule has 8 heteroatoms. The molecule has 3 rings (SSSR count). The summed E-state index contributed by atoms with van der Waals surface area (Å²) in [5.74, 6) is 0.634. The van der Waals surface area contributed by atoms with E-state index < -0.39 is 17.6 Å². The van der Waals surface area contributed by atoms with Crippen molar-refractivity contribution in [3.63, 3.8) is 0 Å². The smallest absolute Gasteiger partial charge is 0.311 e. The molecule has 0 radical (unpaired) electrons. The molecule has 2 amide bonds. The summed E-state index contributed by atoms with van der Waals surface area (Å²) in [6.45, 7) is 13.6. The molecule has 0 aromatic heterocycles. The van der Waals surface area contributed by atoms with Crippen molar-refractivity contribution < 1.29 is 29.3 Å². The van der Waals surface area contributed by atoms with E-state index in [-0.39, 0.29) is 60.5 Å². The Balaban J connectivity index is 1.29. The second-order valence-corrected chi connectivity index (χ2v) is 17.6. The van der Waals surface area contributed by atoms with Gasteiger partial charge in [-0.15, -0.1) is 0 Å². The average molecular weight is 803 g/mol. The summed E-state index contributed by atoms with van der Waals surface area (Å²) in [6.07, 6.45) is 38.0. The first-order valence-corrected chi connectivity index (χ1v) is 22.6. The standard InChI is InChI=1S/C50H78N2O6/c1-7-9-10-11-12-13-14-15-16-17-18-19-20-21-22-23-24-25-47(56)52-32-30-41(31-33-52)51-46(55)37-43(54)36-42(53)28-29-44-39(4)26-27-40-34-38(3)35-45(48(40)44)58-49(57)50(5,6)8-2/h9-10,12-13,15-16,18-19,21-22,26-27,34,38-39,41-45,48,53-54H,7-8,11,14,17,20,23-25,28-33,35-37H2,1-6H3,(H,51,55)/b10-9-,13-12-,16-15-,19-18-,22-21-/t38-,39?,42?,43?,44-,45?,48?/m0/s1. The fourth-order valence-electron chi connectivity index (χ4n) is 8.23. The lowest BCUT2D eigenvalue weighted by atomic mass is 9.65. The number of likely N-dealkylation sites (tertiary alicyclic amines) is 1. The number of esters is 1. The molecule has 1 aliphatic heterocycles. The Hall–Kier alpha value is -3.49. The Kier molecular flexibility index (Phi) is 22.4. The lowest BCUT2D eigenvalue weighted by Crippen LogP contribution is -2.47. The van der Waals surface area contributed by atoms with Crippen molar-refractivity contribution in [1.82, 2.24) is 10.2 Å². The summed E-state index contributed by atoms with van der Waals surface area (Å²) in [6, 6.07) is -0.0266. The van der Waals surface area contributed by atoms with Crippen LogP contribution in [0.15, 0.2) is 84.6 Å². The summed E-state index contributed by atoms with van der Waals surface area (Å²) in [5, 5.41) is 24.8. The molecule has 1 heterocycles. The van der Waals surface area contributed by atoms with Crippen LogP contribution < -0.4 is 5.32 Å². The molecule has 0 aromatic rings. The molecule has 1 saturated heterocycles. The van der Waals surface area contributed by atoms with Crippen molar-refractivity contribution in [1.29, 1.82) is 0 Å². The number of allylic oxidation sites excluding steroid dienone is 13. The minimum absolute atomic E-state index is 0.0266. The van der Waals surface area contributed by atoms with Crippen LogP contribution in [0.5, 0.6) is 0 Å². The van der Waals surface area contributed by atoms with Crippen molar-refractivity contribution in [2.75, 3.05) is 13.1 Å². The Bertz CT molecular complexity index is 1460. The van der Waals surface area contributed by atoms with Crippen LogP contribution in [0.4, 0.5) is 0 Å². The number of fused-ring (bicyclic) bond motifs is 1. The Labute approximate surface area is 351 Å². The molecule has 3 N–H and O–H groups in total. The second kappa shape index (κ2) is 26.6. The Morgan fingerprint density at radius 1 is 0.897 bits per heavy atom. The highest BCUT2D eigenvalue weighted by Crippen LogP contribution is 2.45. The molecule has 5 unspecified atom stereocenters. The second-order valence-electron chi connectivity index (χ2n) is 17.6. The fourth-order valence-corrected chi connectivity index (χ4v) is 8.23. The topological polar surface area (TPSA) is 116 Å². The molecule has 0 bridgehead atoms. The number of hydrogen-bond donors (Lipinski definition) is 3. The monoisotopic (exact) mass is 803 g/mol. The molecule has 0 saturated carbocycles. The number of nitrogens with zero attached hydrogens (tertiary/aromatic N) is 1. The van der Waals surface area contributed by atoms with E-state index in [0.29, 0.717) is 51.1 Å². The minimum atomic E-state index is -0.945.